The van der Waals surface area contributed by atoms with Crippen molar-refractivity contribution in [1.82, 2.24) is 10.2 Å². The van der Waals surface area contributed by atoms with E-state index in [-0.39, 0.29) is 5.82 Å². The second kappa shape index (κ2) is 5.27. The topological polar surface area (TPSA) is 15.3 Å². The van der Waals surface area contributed by atoms with Gasteiger partial charge in [-0.05, 0) is 49.1 Å². The molecule has 1 aromatic carbocycles. The lowest BCUT2D eigenvalue weighted by atomic mass is 9.94. The van der Waals surface area contributed by atoms with Crippen LogP contribution < -0.4 is 5.32 Å². The average Bonchev–Trinajstić information content (AvgIpc) is 2.76. The van der Waals surface area contributed by atoms with Gasteiger partial charge in [0.25, 0.3) is 0 Å². The van der Waals surface area contributed by atoms with E-state index in [4.69, 9.17) is 0 Å². The first-order valence-corrected chi connectivity index (χ1v) is 7.41. The van der Waals surface area contributed by atoms with Crippen molar-refractivity contribution in [2.24, 2.45) is 5.92 Å². The fraction of sp³-hybridized carbons (Fsp3) is 0.571. The van der Waals surface area contributed by atoms with Crippen LogP contribution in [0.1, 0.15) is 18.4 Å². The van der Waals surface area contributed by atoms with Crippen molar-refractivity contribution in [3.8, 4) is 0 Å². The third kappa shape index (κ3) is 2.60. The van der Waals surface area contributed by atoms with Crippen LogP contribution in [-0.2, 0) is 6.54 Å². The number of nitrogens with zero attached hydrogens (tertiary/aromatic N) is 1. The van der Waals surface area contributed by atoms with Crippen molar-refractivity contribution in [1.29, 1.82) is 0 Å². The van der Waals surface area contributed by atoms with Crippen molar-refractivity contribution >= 4 is 15.9 Å². The van der Waals surface area contributed by atoms with E-state index < -0.39 is 0 Å². The normalized spacial score (nSPS) is 28.3. The Kier molecular flexibility index (Phi) is 3.68. The number of hydrogen-bond donors (Lipinski definition) is 1. The van der Waals surface area contributed by atoms with Crippen LogP contribution in [0.3, 0.4) is 0 Å². The van der Waals surface area contributed by atoms with Gasteiger partial charge in [-0.15, -0.1) is 0 Å². The minimum absolute atomic E-state index is 0.150. The van der Waals surface area contributed by atoms with Crippen molar-refractivity contribution in [2.75, 3.05) is 19.6 Å². The van der Waals surface area contributed by atoms with Crippen LogP contribution in [0, 0.1) is 11.7 Å². The Labute approximate surface area is 116 Å². The van der Waals surface area contributed by atoms with E-state index in [1.165, 1.54) is 18.9 Å². The zero-order valence-corrected chi connectivity index (χ0v) is 11.9. The Balaban J connectivity index is 1.68. The summed E-state index contributed by atoms with van der Waals surface area (Å²) < 4.78 is 14.3. The maximum Gasteiger partial charge on any atom is 0.123 e. The largest absolute Gasteiger partial charge is 0.312 e. The monoisotopic (exact) mass is 312 g/mol. The molecule has 2 nitrogen and oxygen atoms in total. The number of halogens is 2. The Hall–Kier alpha value is -0.450. The predicted octanol–water partition coefficient (Wildman–Crippen LogP) is 2.77. The molecule has 0 saturated carbocycles. The molecule has 2 aliphatic heterocycles. The molecule has 2 aliphatic rings. The Bertz CT molecular complexity index is 424. The molecule has 0 aromatic heterocycles. The van der Waals surface area contributed by atoms with E-state index in [0.29, 0.717) is 6.04 Å². The second-order valence-electron chi connectivity index (χ2n) is 5.39. The van der Waals surface area contributed by atoms with Gasteiger partial charge in [-0.25, -0.2) is 4.39 Å². The molecule has 2 saturated heterocycles. The molecule has 0 spiro atoms. The first kappa shape index (κ1) is 12.6. The Morgan fingerprint density at radius 1 is 1.39 bits per heavy atom. The van der Waals surface area contributed by atoms with E-state index in [0.717, 1.165) is 42.1 Å². The van der Waals surface area contributed by atoms with Crippen LogP contribution >= 0.6 is 15.9 Å². The van der Waals surface area contributed by atoms with Crippen LogP contribution in [-0.4, -0.2) is 30.6 Å². The molecule has 4 heteroatoms. The van der Waals surface area contributed by atoms with Gasteiger partial charge in [-0.3, -0.25) is 4.90 Å². The molecule has 2 unspecified atom stereocenters. The fourth-order valence-electron chi connectivity index (χ4n) is 3.17. The summed E-state index contributed by atoms with van der Waals surface area (Å²) in [5.74, 6) is 0.633. The quantitative estimate of drug-likeness (QED) is 0.903. The molecule has 0 radical (unpaired) electrons. The Morgan fingerprint density at radius 3 is 3.11 bits per heavy atom. The summed E-state index contributed by atoms with van der Waals surface area (Å²) in [5.41, 5.74) is 1.05. The van der Waals surface area contributed by atoms with Crippen LogP contribution in [0.5, 0.6) is 0 Å². The molecular formula is C14H18BrFN2. The number of fused-ring (bicyclic) bond motifs is 1. The minimum atomic E-state index is -0.150. The SMILES string of the molecule is Fc1ccc(Br)c(CN2CC3CCCNC3C2)c1. The minimum Gasteiger partial charge on any atom is -0.312 e. The number of hydrogen-bond acceptors (Lipinski definition) is 2. The maximum atomic E-state index is 13.3. The van der Waals surface area contributed by atoms with Gasteiger partial charge in [-0.1, -0.05) is 15.9 Å². The fourth-order valence-corrected chi connectivity index (χ4v) is 3.54. The third-order valence-electron chi connectivity index (χ3n) is 4.08. The number of nitrogens with one attached hydrogen (secondary N) is 1. The van der Waals surface area contributed by atoms with Gasteiger partial charge < -0.3 is 5.32 Å². The number of rotatable bonds is 2. The highest BCUT2D eigenvalue weighted by atomic mass is 79.9. The average molecular weight is 313 g/mol. The molecule has 2 heterocycles. The van der Waals surface area contributed by atoms with Gasteiger partial charge in [0, 0.05) is 30.1 Å². The Morgan fingerprint density at radius 2 is 2.28 bits per heavy atom. The summed E-state index contributed by atoms with van der Waals surface area (Å²) >= 11 is 3.51. The van der Waals surface area contributed by atoms with Crippen LogP contribution in [0.4, 0.5) is 4.39 Å². The molecule has 0 amide bonds. The number of piperidine rings is 1. The van der Waals surface area contributed by atoms with E-state index in [2.05, 4.69) is 26.1 Å². The smallest absolute Gasteiger partial charge is 0.123 e. The van der Waals surface area contributed by atoms with Crippen LogP contribution in [0.15, 0.2) is 22.7 Å². The van der Waals surface area contributed by atoms with Gasteiger partial charge in [0.15, 0.2) is 0 Å². The molecule has 1 aromatic rings. The van der Waals surface area contributed by atoms with E-state index in [9.17, 15) is 4.39 Å². The van der Waals surface area contributed by atoms with E-state index >= 15 is 0 Å². The lowest BCUT2D eigenvalue weighted by molar-refractivity contribution is 0.311. The van der Waals surface area contributed by atoms with Crippen molar-refractivity contribution in [2.45, 2.75) is 25.4 Å². The molecule has 2 atom stereocenters. The first-order chi connectivity index (χ1) is 8.72. The summed E-state index contributed by atoms with van der Waals surface area (Å²) in [4.78, 5) is 2.44. The highest BCUT2D eigenvalue weighted by Crippen LogP contribution is 2.27. The summed E-state index contributed by atoms with van der Waals surface area (Å²) in [6, 6.07) is 5.58. The first-order valence-electron chi connectivity index (χ1n) is 6.62. The lowest BCUT2D eigenvalue weighted by Crippen LogP contribution is -2.40. The molecule has 2 fully saturated rings. The van der Waals surface area contributed by atoms with Gasteiger partial charge in [0.05, 0.1) is 0 Å². The van der Waals surface area contributed by atoms with Gasteiger partial charge >= 0.3 is 0 Å². The molecule has 3 rings (SSSR count). The zero-order chi connectivity index (χ0) is 12.5. The summed E-state index contributed by atoms with van der Waals surface area (Å²) in [6.07, 6.45) is 2.62. The lowest BCUT2D eigenvalue weighted by Gasteiger charge is -2.24. The van der Waals surface area contributed by atoms with Crippen LogP contribution in [0.25, 0.3) is 0 Å². The predicted molar refractivity (Wildman–Crippen MR) is 73.9 cm³/mol. The number of benzene rings is 1. The highest BCUT2D eigenvalue weighted by molar-refractivity contribution is 9.10. The molecule has 1 N–H and O–H groups in total. The zero-order valence-electron chi connectivity index (χ0n) is 10.3. The molecule has 98 valence electrons. The van der Waals surface area contributed by atoms with Crippen molar-refractivity contribution in [3.05, 3.63) is 34.1 Å². The standard InChI is InChI=1S/C14H18BrFN2/c15-13-4-3-12(16)6-11(13)8-18-7-10-2-1-5-17-14(10)9-18/h3-4,6,10,14,17H,1-2,5,7-9H2. The van der Waals surface area contributed by atoms with Gasteiger partial charge in [-0.2, -0.15) is 0 Å². The van der Waals surface area contributed by atoms with Crippen LogP contribution in [0.2, 0.25) is 0 Å². The third-order valence-corrected chi connectivity index (χ3v) is 4.85. The van der Waals surface area contributed by atoms with Gasteiger partial charge in [0.1, 0.15) is 5.82 Å². The molecule has 0 bridgehead atoms. The van der Waals surface area contributed by atoms with E-state index in [1.54, 1.807) is 12.1 Å². The van der Waals surface area contributed by atoms with Crippen molar-refractivity contribution in [3.63, 3.8) is 0 Å². The summed E-state index contributed by atoms with van der Waals surface area (Å²) in [5, 5.41) is 3.60. The summed E-state index contributed by atoms with van der Waals surface area (Å²) in [6.45, 7) is 4.22. The summed E-state index contributed by atoms with van der Waals surface area (Å²) in [7, 11) is 0. The highest BCUT2D eigenvalue weighted by Gasteiger charge is 2.34. The molecule has 0 aliphatic carbocycles. The molecular weight excluding hydrogens is 295 g/mol. The van der Waals surface area contributed by atoms with Crippen molar-refractivity contribution < 1.29 is 4.39 Å². The number of likely N-dealkylation sites (tertiary alicyclic amines) is 1. The molecule has 18 heavy (non-hydrogen) atoms. The van der Waals surface area contributed by atoms with Gasteiger partial charge in [0.2, 0.25) is 0 Å². The second-order valence-corrected chi connectivity index (χ2v) is 6.25. The van der Waals surface area contributed by atoms with E-state index in [1.807, 2.05) is 0 Å². The maximum absolute atomic E-state index is 13.3.